The van der Waals surface area contributed by atoms with Crippen LogP contribution in [0.5, 0.6) is 0 Å². The van der Waals surface area contributed by atoms with Crippen molar-refractivity contribution in [1.82, 2.24) is 0 Å². The summed E-state index contributed by atoms with van der Waals surface area (Å²) in [6.07, 6.45) is 10.2. The van der Waals surface area contributed by atoms with E-state index in [9.17, 15) is 0 Å². The molecular formula is C10H18. The average molecular weight is 138 g/mol. The van der Waals surface area contributed by atoms with Crippen LogP contribution < -0.4 is 0 Å². The van der Waals surface area contributed by atoms with E-state index in [1.54, 1.807) is 0 Å². The van der Waals surface area contributed by atoms with Gasteiger partial charge in [0.05, 0.1) is 0 Å². The Morgan fingerprint density at radius 2 is 2.10 bits per heavy atom. The van der Waals surface area contributed by atoms with Crippen LogP contribution in [-0.4, -0.2) is 0 Å². The van der Waals surface area contributed by atoms with Crippen LogP contribution in [-0.2, 0) is 0 Å². The van der Waals surface area contributed by atoms with Crippen molar-refractivity contribution in [1.29, 1.82) is 0 Å². The molecule has 0 aromatic carbocycles. The van der Waals surface area contributed by atoms with Gasteiger partial charge in [-0.25, -0.2) is 0 Å². The molecule has 0 heteroatoms. The lowest BCUT2D eigenvalue weighted by Gasteiger charge is -2.16. The molecule has 0 aromatic heterocycles. The van der Waals surface area contributed by atoms with Gasteiger partial charge in [-0.2, -0.15) is 0 Å². The van der Waals surface area contributed by atoms with Crippen LogP contribution in [0.2, 0.25) is 0 Å². The van der Waals surface area contributed by atoms with Gasteiger partial charge in [0.25, 0.3) is 0 Å². The molecule has 2 unspecified atom stereocenters. The first-order valence-corrected chi connectivity index (χ1v) is 4.45. The SMILES string of the molecule is CC1/C=C\CCCC(C)C1. The summed E-state index contributed by atoms with van der Waals surface area (Å²) in [5.41, 5.74) is 0. The van der Waals surface area contributed by atoms with Gasteiger partial charge in [-0.3, -0.25) is 0 Å². The Balaban J connectivity index is 2.40. The smallest absolute Gasteiger partial charge is 0.0259 e. The van der Waals surface area contributed by atoms with E-state index >= 15 is 0 Å². The van der Waals surface area contributed by atoms with E-state index in [0.29, 0.717) is 0 Å². The molecule has 0 heterocycles. The molecule has 58 valence electrons. The molecule has 1 rings (SSSR count). The van der Waals surface area contributed by atoms with Gasteiger partial charge in [-0.05, 0) is 31.1 Å². The third-order valence-corrected chi connectivity index (χ3v) is 2.31. The first-order valence-electron chi connectivity index (χ1n) is 4.45. The van der Waals surface area contributed by atoms with Crippen LogP contribution in [0.25, 0.3) is 0 Å². The summed E-state index contributed by atoms with van der Waals surface area (Å²) < 4.78 is 0. The van der Waals surface area contributed by atoms with E-state index in [1.807, 2.05) is 0 Å². The third-order valence-electron chi connectivity index (χ3n) is 2.31. The Labute approximate surface area is 64.3 Å². The van der Waals surface area contributed by atoms with Crippen molar-refractivity contribution in [2.75, 3.05) is 0 Å². The predicted molar refractivity (Wildman–Crippen MR) is 45.9 cm³/mol. The summed E-state index contributed by atoms with van der Waals surface area (Å²) in [7, 11) is 0. The second-order valence-electron chi connectivity index (χ2n) is 3.68. The summed E-state index contributed by atoms with van der Waals surface area (Å²) in [6, 6.07) is 0. The molecule has 0 aromatic rings. The summed E-state index contributed by atoms with van der Waals surface area (Å²) in [5, 5.41) is 0. The standard InChI is InChI=1S/C10H18/c1-9-6-4-3-5-7-10(2)8-9/h4,6,9-10H,3,5,7-8H2,1-2H3/b6-4-. The van der Waals surface area contributed by atoms with Crippen molar-refractivity contribution < 1.29 is 0 Å². The molecule has 0 saturated carbocycles. The van der Waals surface area contributed by atoms with Gasteiger partial charge in [0.15, 0.2) is 0 Å². The molecule has 1 aliphatic rings. The summed E-state index contributed by atoms with van der Waals surface area (Å²) in [5.74, 6) is 1.76. The average Bonchev–Trinajstić information content (AvgIpc) is 1.83. The largest absolute Gasteiger partial charge is 0.0883 e. The molecule has 0 spiro atoms. The molecule has 10 heavy (non-hydrogen) atoms. The Morgan fingerprint density at radius 1 is 1.30 bits per heavy atom. The normalized spacial score (nSPS) is 38.2. The number of hydrogen-bond donors (Lipinski definition) is 0. The number of rotatable bonds is 0. The minimum Gasteiger partial charge on any atom is -0.0883 e. The van der Waals surface area contributed by atoms with Crippen LogP contribution in [0.3, 0.4) is 0 Å². The van der Waals surface area contributed by atoms with Gasteiger partial charge in [-0.1, -0.05) is 32.4 Å². The molecule has 0 fully saturated rings. The molecule has 0 saturated heterocycles. The van der Waals surface area contributed by atoms with Crippen LogP contribution in [0.15, 0.2) is 12.2 Å². The first-order chi connectivity index (χ1) is 4.79. The lowest BCUT2D eigenvalue weighted by atomic mass is 9.90. The van der Waals surface area contributed by atoms with Crippen LogP contribution >= 0.6 is 0 Å². The number of hydrogen-bond acceptors (Lipinski definition) is 0. The maximum atomic E-state index is 2.37. The zero-order valence-corrected chi connectivity index (χ0v) is 7.14. The van der Waals surface area contributed by atoms with Crippen LogP contribution in [0, 0.1) is 11.8 Å². The van der Waals surface area contributed by atoms with Crippen LogP contribution in [0.4, 0.5) is 0 Å². The Hall–Kier alpha value is -0.260. The monoisotopic (exact) mass is 138 g/mol. The van der Waals surface area contributed by atoms with E-state index in [-0.39, 0.29) is 0 Å². The van der Waals surface area contributed by atoms with Gasteiger partial charge >= 0.3 is 0 Å². The van der Waals surface area contributed by atoms with E-state index in [4.69, 9.17) is 0 Å². The minimum atomic E-state index is 0.815. The lowest BCUT2D eigenvalue weighted by molar-refractivity contribution is 0.419. The van der Waals surface area contributed by atoms with Crippen LogP contribution in [0.1, 0.15) is 39.5 Å². The maximum absolute atomic E-state index is 2.37. The molecule has 0 bridgehead atoms. The molecule has 1 aliphatic carbocycles. The maximum Gasteiger partial charge on any atom is -0.0259 e. The third kappa shape index (κ3) is 2.55. The van der Waals surface area contributed by atoms with Gasteiger partial charge in [0.1, 0.15) is 0 Å². The Bertz CT molecular complexity index is 113. The van der Waals surface area contributed by atoms with E-state index < -0.39 is 0 Å². The molecular weight excluding hydrogens is 120 g/mol. The Kier molecular flexibility index (Phi) is 2.98. The summed E-state index contributed by atoms with van der Waals surface area (Å²) in [6.45, 7) is 4.69. The fourth-order valence-corrected chi connectivity index (χ4v) is 1.74. The van der Waals surface area contributed by atoms with E-state index in [1.165, 1.54) is 25.7 Å². The van der Waals surface area contributed by atoms with Crippen molar-refractivity contribution in [2.24, 2.45) is 11.8 Å². The van der Waals surface area contributed by atoms with Gasteiger partial charge in [0, 0.05) is 0 Å². The quantitative estimate of drug-likeness (QED) is 0.450. The highest BCUT2D eigenvalue weighted by molar-refractivity contribution is 4.88. The molecule has 0 amide bonds. The second-order valence-corrected chi connectivity index (χ2v) is 3.68. The second kappa shape index (κ2) is 3.80. The fraction of sp³-hybridized carbons (Fsp3) is 0.800. The zero-order valence-electron chi connectivity index (χ0n) is 7.14. The van der Waals surface area contributed by atoms with Gasteiger partial charge in [0.2, 0.25) is 0 Å². The molecule has 0 nitrogen and oxygen atoms in total. The zero-order chi connectivity index (χ0) is 7.40. The van der Waals surface area contributed by atoms with Crippen molar-refractivity contribution in [3.8, 4) is 0 Å². The number of allylic oxidation sites excluding steroid dienone is 2. The highest BCUT2D eigenvalue weighted by Gasteiger charge is 2.07. The molecule has 0 aliphatic heterocycles. The topological polar surface area (TPSA) is 0 Å². The summed E-state index contributed by atoms with van der Waals surface area (Å²) >= 11 is 0. The summed E-state index contributed by atoms with van der Waals surface area (Å²) in [4.78, 5) is 0. The van der Waals surface area contributed by atoms with Gasteiger partial charge in [-0.15, -0.1) is 0 Å². The highest BCUT2D eigenvalue weighted by Crippen LogP contribution is 2.21. The molecule has 0 N–H and O–H groups in total. The van der Waals surface area contributed by atoms with E-state index in [2.05, 4.69) is 26.0 Å². The fourth-order valence-electron chi connectivity index (χ4n) is 1.74. The molecule has 0 radical (unpaired) electrons. The predicted octanol–water partition coefficient (Wildman–Crippen LogP) is 3.39. The van der Waals surface area contributed by atoms with E-state index in [0.717, 1.165) is 11.8 Å². The molecule has 2 atom stereocenters. The first kappa shape index (κ1) is 7.84. The lowest BCUT2D eigenvalue weighted by Crippen LogP contribution is -2.02. The van der Waals surface area contributed by atoms with Crippen molar-refractivity contribution in [2.45, 2.75) is 39.5 Å². The van der Waals surface area contributed by atoms with Gasteiger partial charge < -0.3 is 0 Å². The Morgan fingerprint density at radius 3 is 2.90 bits per heavy atom. The van der Waals surface area contributed by atoms with Crippen molar-refractivity contribution in [3.63, 3.8) is 0 Å². The van der Waals surface area contributed by atoms with Crippen molar-refractivity contribution >= 4 is 0 Å². The minimum absolute atomic E-state index is 0.815. The van der Waals surface area contributed by atoms with Crippen molar-refractivity contribution in [3.05, 3.63) is 12.2 Å². The highest BCUT2D eigenvalue weighted by atomic mass is 14.1.